The summed E-state index contributed by atoms with van der Waals surface area (Å²) in [4.78, 5) is 0. The summed E-state index contributed by atoms with van der Waals surface area (Å²) in [6.07, 6.45) is 0. The zero-order valence-corrected chi connectivity index (χ0v) is 5.45. The molecule has 0 aromatic rings. The van der Waals surface area contributed by atoms with Gasteiger partial charge in [-0.25, -0.2) is 0 Å². The molecule has 0 rings (SSSR count). The summed E-state index contributed by atoms with van der Waals surface area (Å²) in [6, 6.07) is 0. The van der Waals surface area contributed by atoms with Gasteiger partial charge in [0.2, 0.25) is 0 Å². The van der Waals surface area contributed by atoms with Crippen molar-refractivity contribution in [2.75, 3.05) is 0 Å². The van der Waals surface area contributed by atoms with Gasteiger partial charge in [0.1, 0.15) is 0 Å². The van der Waals surface area contributed by atoms with Crippen molar-refractivity contribution >= 4 is 10.4 Å². The van der Waals surface area contributed by atoms with Gasteiger partial charge in [-0.2, -0.15) is 0 Å². The fraction of sp³-hybridized carbons (Fsp3) is 0. The van der Waals surface area contributed by atoms with Crippen LogP contribution in [0, 0.1) is 0 Å². The van der Waals surface area contributed by atoms with E-state index in [1.165, 1.54) is 0 Å². The number of hydrogen-bond acceptors (Lipinski definition) is 4. The fourth-order valence-electron chi connectivity index (χ4n) is 0. The van der Waals surface area contributed by atoms with Crippen molar-refractivity contribution in [2.24, 2.45) is 0 Å². The first-order valence-electron chi connectivity index (χ1n) is 0.667. The van der Waals surface area contributed by atoms with Crippen molar-refractivity contribution in [3.05, 3.63) is 0 Å². The Kier molecular flexibility index (Phi) is 4.36. The molecule has 0 bridgehead atoms. The Morgan fingerprint density at radius 1 is 1.17 bits per heavy atom. The summed E-state index contributed by atoms with van der Waals surface area (Å²) in [5.74, 6) is 0. The van der Waals surface area contributed by atoms with Crippen molar-refractivity contribution < 1.29 is 38.6 Å². The van der Waals surface area contributed by atoms with E-state index in [1.54, 1.807) is 0 Å². The van der Waals surface area contributed by atoms with Crippen molar-refractivity contribution in [1.29, 1.82) is 0 Å². The van der Waals surface area contributed by atoms with Crippen LogP contribution >= 0.6 is 0 Å². The molecule has 0 aromatic carbocycles. The molecule has 4 nitrogen and oxygen atoms in total. The molecule has 0 unspecified atom stereocenters. The van der Waals surface area contributed by atoms with Crippen molar-refractivity contribution in [2.45, 2.75) is 0 Å². The molecule has 0 aliphatic carbocycles. The first-order valence-corrected chi connectivity index (χ1v) is 2.00. The molecule has 0 aliphatic rings. The van der Waals surface area contributed by atoms with Crippen LogP contribution in [-0.2, 0) is 31.5 Å². The largest absolute Gasteiger partial charge is 2.00 e. The van der Waals surface area contributed by atoms with E-state index in [-0.39, 0.29) is 21.1 Å². The molecule has 0 fully saturated rings. The molecule has 40 valence electrons. The molecule has 0 aromatic heterocycles. The molecule has 0 aliphatic heterocycles. The second-order valence-electron chi connectivity index (χ2n) is 0.408. The van der Waals surface area contributed by atoms with Crippen LogP contribution in [0.3, 0.4) is 0 Å². The van der Waals surface area contributed by atoms with Crippen LogP contribution in [0.25, 0.3) is 0 Å². The van der Waals surface area contributed by atoms with Gasteiger partial charge in [-0.3, -0.25) is 8.42 Å². The van der Waals surface area contributed by atoms with Gasteiger partial charge < -0.3 is 9.11 Å². The Labute approximate surface area is 49.4 Å². The predicted octanol–water partition coefficient (Wildman–Crippen LogP) is -1.34. The van der Waals surface area contributed by atoms with Crippen LogP contribution < -0.4 is 0 Å². The summed E-state index contributed by atoms with van der Waals surface area (Å²) in [5.41, 5.74) is 0. The molecule has 0 heterocycles. The van der Waals surface area contributed by atoms with E-state index in [0.29, 0.717) is 0 Å². The molecular formula is O4PtS. The summed E-state index contributed by atoms with van der Waals surface area (Å²) in [6.45, 7) is 0. The zero-order chi connectivity index (χ0) is 4.50. The van der Waals surface area contributed by atoms with E-state index in [4.69, 9.17) is 17.5 Å². The average Bonchev–Trinajstić information content (AvgIpc) is 0.722. The molecule has 6 heteroatoms. The van der Waals surface area contributed by atoms with Gasteiger partial charge in [0.25, 0.3) is 0 Å². The second-order valence-corrected chi connectivity index (χ2v) is 1.22. The summed E-state index contributed by atoms with van der Waals surface area (Å²) >= 11 is 0. The Morgan fingerprint density at radius 2 is 1.17 bits per heavy atom. The second kappa shape index (κ2) is 2.69. The minimum absolute atomic E-state index is 0. The van der Waals surface area contributed by atoms with Gasteiger partial charge >= 0.3 is 21.1 Å². The minimum Gasteiger partial charge on any atom is -0.759 e. The topological polar surface area (TPSA) is 80.3 Å². The predicted molar refractivity (Wildman–Crippen MR) is 10.5 cm³/mol. The third-order valence-corrected chi connectivity index (χ3v) is 0. The Morgan fingerprint density at radius 3 is 1.17 bits per heavy atom. The quantitative estimate of drug-likeness (QED) is 0.409. The number of rotatable bonds is 0. The van der Waals surface area contributed by atoms with E-state index in [0.717, 1.165) is 0 Å². The van der Waals surface area contributed by atoms with Crippen LogP contribution in [-0.4, -0.2) is 17.5 Å². The molecule has 6 heavy (non-hydrogen) atoms. The Balaban J connectivity index is 0. The monoisotopic (exact) mass is 291 g/mol. The van der Waals surface area contributed by atoms with E-state index in [9.17, 15) is 0 Å². The Bertz CT molecular complexity index is 90.7. The van der Waals surface area contributed by atoms with Crippen molar-refractivity contribution in [3.63, 3.8) is 0 Å². The van der Waals surface area contributed by atoms with Gasteiger partial charge in [-0.1, -0.05) is 0 Å². The SMILES string of the molecule is O=S(=O)([O-])[O-].[Pt+2]. The maximum Gasteiger partial charge on any atom is 2.00 e. The van der Waals surface area contributed by atoms with Gasteiger partial charge in [0, 0.05) is 10.4 Å². The average molecular weight is 291 g/mol. The van der Waals surface area contributed by atoms with E-state index in [2.05, 4.69) is 0 Å². The maximum atomic E-state index is 8.52. The minimum atomic E-state index is -5.17. The van der Waals surface area contributed by atoms with Crippen LogP contribution in [0.15, 0.2) is 0 Å². The van der Waals surface area contributed by atoms with Gasteiger partial charge in [-0.15, -0.1) is 0 Å². The summed E-state index contributed by atoms with van der Waals surface area (Å²) in [7, 11) is -5.17. The zero-order valence-electron chi connectivity index (χ0n) is 2.36. The maximum absolute atomic E-state index is 8.52. The molecule has 0 spiro atoms. The van der Waals surface area contributed by atoms with Gasteiger partial charge in [-0.05, 0) is 0 Å². The van der Waals surface area contributed by atoms with E-state index in [1.807, 2.05) is 0 Å². The molecule has 0 atom stereocenters. The third kappa shape index (κ3) is 185. The van der Waals surface area contributed by atoms with Crippen LogP contribution in [0.4, 0.5) is 0 Å². The van der Waals surface area contributed by atoms with Crippen molar-refractivity contribution in [1.82, 2.24) is 0 Å². The smallest absolute Gasteiger partial charge is 0.759 e. The molecule has 0 radical (unpaired) electrons. The van der Waals surface area contributed by atoms with Crippen LogP contribution in [0.5, 0.6) is 0 Å². The normalized spacial score (nSPS) is 9.67. The molecular weight excluding hydrogens is 291 g/mol. The van der Waals surface area contributed by atoms with E-state index >= 15 is 0 Å². The number of hydrogen-bond donors (Lipinski definition) is 0. The van der Waals surface area contributed by atoms with E-state index < -0.39 is 10.4 Å². The third-order valence-electron chi connectivity index (χ3n) is 0. The molecule has 0 N–H and O–H groups in total. The van der Waals surface area contributed by atoms with Crippen LogP contribution in [0.1, 0.15) is 0 Å². The first-order chi connectivity index (χ1) is 2.00. The summed E-state index contributed by atoms with van der Waals surface area (Å²) in [5, 5.41) is 0. The Hall–Kier alpha value is 0.558. The van der Waals surface area contributed by atoms with Crippen LogP contribution in [0.2, 0.25) is 0 Å². The molecule has 0 saturated carbocycles. The standard InChI is InChI=1S/H2O4S.Pt/c1-5(2,3)4;/h(H2,1,2,3,4);/q;+2/p-2. The van der Waals surface area contributed by atoms with Gasteiger partial charge in [0.05, 0.1) is 0 Å². The van der Waals surface area contributed by atoms with Gasteiger partial charge in [0.15, 0.2) is 0 Å². The molecule has 0 amide bonds. The fourth-order valence-corrected chi connectivity index (χ4v) is 0. The first kappa shape index (κ1) is 9.75. The molecule has 0 saturated heterocycles. The summed E-state index contributed by atoms with van der Waals surface area (Å²) < 4.78 is 34.1. The van der Waals surface area contributed by atoms with Crippen molar-refractivity contribution in [3.8, 4) is 0 Å².